The number of carbonyl (C=O) groups excluding carboxylic acids is 1. The normalized spacial score (nSPS) is 10.6. The molecule has 3 nitrogen and oxygen atoms in total. The van der Waals surface area contributed by atoms with Crippen molar-refractivity contribution in [2.45, 2.75) is 20.3 Å². The fraction of sp³-hybridized carbons (Fsp3) is 0.500. The van der Waals surface area contributed by atoms with Gasteiger partial charge in [-0.2, -0.15) is 0 Å². The Morgan fingerprint density at radius 2 is 2.36 bits per heavy atom. The van der Waals surface area contributed by atoms with E-state index in [4.69, 9.17) is 4.42 Å². The van der Waals surface area contributed by atoms with Crippen LogP contribution >= 0.6 is 15.9 Å². The van der Waals surface area contributed by atoms with Crippen LogP contribution in [0.5, 0.6) is 0 Å². The Hall–Kier alpha value is -0.770. The van der Waals surface area contributed by atoms with Crippen LogP contribution < -0.4 is 5.32 Å². The highest BCUT2D eigenvalue weighted by Crippen LogP contribution is 2.16. The summed E-state index contributed by atoms with van der Waals surface area (Å²) in [5, 5.41) is 2.83. The minimum atomic E-state index is -0.0914. The Bertz CT molecular complexity index is 307. The smallest absolute Gasteiger partial charge is 0.255 e. The van der Waals surface area contributed by atoms with E-state index >= 15 is 0 Å². The first-order valence-electron chi connectivity index (χ1n) is 4.62. The topological polar surface area (TPSA) is 42.2 Å². The van der Waals surface area contributed by atoms with E-state index in [0.717, 1.165) is 6.42 Å². The van der Waals surface area contributed by atoms with Crippen molar-refractivity contribution < 1.29 is 9.21 Å². The van der Waals surface area contributed by atoms with Gasteiger partial charge in [-0.15, -0.1) is 0 Å². The third kappa shape index (κ3) is 3.18. The summed E-state index contributed by atoms with van der Waals surface area (Å²) in [6.07, 6.45) is 2.47. The highest BCUT2D eigenvalue weighted by atomic mass is 79.9. The van der Waals surface area contributed by atoms with Crippen LogP contribution in [0.15, 0.2) is 21.4 Å². The molecule has 0 aliphatic carbocycles. The van der Waals surface area contributed by atoms with Crippen molar-refractivity contribution in [2.24, 2.45) is 5.92 Å². The van der Waals surface area contributed by atoms with Crippen LogP contribution in [0.1, 0.15) is 30.6 Å². The predicted molar refractivity (Wildman–Crippen MR) is 58.2 cm³/mol. The summed E-state index contributed by atoms with van der Waals surface area (Å²) < 4.78 is 5.45. The molecule has 14 heavy (non-hydrogen) atoms. The molecule has 1 amide bonds. The average molecular weight is 260 g/mol. The zero-order valence-electron chi connectivity index (χ0n) is 8.34. The molecule has 0 aromatic carbocycles. The van der Waals surface area contributed by atoms with E-state index < -0.39 is 0 Å². The van der Waals surface area contributed by atoms with E-state index in [2.05, 4.69) is 35.1 Å². The number of rotatable bonds is 4. The van der Waals surface area contributed by atoms with Crippen LogP contribution in [-0.2, 0) is 0 Å². The van der Waals surface area contributed by atoms with Crippen LogP contribution in [0.25, 0.3) is 0 Å². The van der Waals surface area contributed by atoms with E-state index in [9.17, 15) is 4.79 Å². The molecule has 4 heteroatoms. The average Bonchev–Trinajstić information content (AvgIpc) is 2.50. The Morgan fingerprint density at radius 1 is 1.64 bits per heavy atom. The molecule has 0 spiro atoms. The molecule has 0 radical (unpaired) electrons. The first-order chi connectivity index (χ1) is 6.61. The molecule has 0 unspecified atom stereocenters. The third-order valence-electron chi connectivity index (χ3n) is 1.87. The monoisotopic (exact) mass is 259 g/mol. The first-order valence-corrected chi connectivity index (χ1v) is 5.41. The Morgan fingerprint density at radius 3 is 2.86 bits per heavy atom. The summed E-state index contributed by atoms with van der Waals surface area (Å²) in [6.45, 7) is 4.95. The fourth-order valence-electron chi connectivity index (χ4n) is 1.03. The number of nitrogens with one attached hydrogen (secondary N) is 1. The summed E-state index contributed by atoms with van der Waals surface area (Å²) in [5.41, 5.74) is 0.550. The zero-order chi connectivity index (χ0) is 10.6. The lowest BCUT2D eigenvalue weighted by atomic mass is 10.1. The molecular weight excluding hydrogens is 246 g/mol. The number of hydrogen-bond acceptors (Lipinski definition) is 2. The molecule has 78 valence electrons. The molecule has 1 N–H and O–H groups in total. The Kier molecular flexibility index (Phi) is 4.20. The number of hydrogen-bond donors (Lipinski definition) is 1. The van der Waals surface area contributed by atoms with E-state index in [1.54, 1.807) is 6.07 Å². The molecule has 0 bridgehead atoms. The summed E-state index contributed by atoms with van der Waals surface area (Å²) >= 11 is 3.16. The van der Waals surface area contributed by atoms with Crippen LogP contribution in [-0.4, -0.2) is 12.5 Å². The van der Waals surface area contributed by atoms with Crippen molar-refractivity contribution >= 4 is 21.8 Å². The van der Waals surface area contributed by atoms with E-state index in [-0.39, 0.29) is 5.91 Å². The lowest BCUT2D eigenvalue weighted by molar-refractivity contribution is 0.0950. The second-order valence-electron chi connectivity index (χ2n) is 3.55. The van der Waals surface area contributed by atoms with Gasteiger partial charge in [-0.05, 0) is 34.3 Å². The number of carbonyl (C=O) groups is 1. The van der Waals surface area contributed by atoms with Crippen LogP contribution in [0.4, 0.5) is 0 Å². The van der Waals surface area contributed by atoms with Crippen molar-refractivity contribution in [1.82, 2.24) is 5.32 Å². The van der Waals surface area contributed by atoms with Gasteiger partial charge in [0.2, 0.25) is 0 Å². The largest absolute Gasteiger partial charge is 0.457 e. The lowest BCUT2D eigenvalue weighted by Crippen LogP contribution is -2.25. The molecule has 0 saturated carbocycles. The molecule has 0 aliphatic heterocycles. The van der Waals surface area contributed by atoms with Crippen molar-refractivity contribution in [3.05, 3.63) is 22.6 Å². The summed E-state index contributed by atoms with van der Waals surface area (Å²) in [6, 6.07) is 1.65. The van der Waals surface area contributed by atoms with Gasteiger partial charge in [0.05, 0.1) is 11.8 Å². The fourth-order valence-corrected chi connectivity index (χ4v) is 1.45. The minimum absolute atomic E-state index is 0.0914. The van der Waals surface area contributed by atoms with Crippen molar-refractivity contribution in [3.8, 4) is 0 Å². The van der Waals surface area contributed by atoms with Gasteiger partial charge in [-0.3, -0.25) is 4.79 Å². The van der Waals surface area contributed by atoms with Gasteiger partial charge in [-0.1, -0.05) is 13.8 Å². The SMILES string of the molecule is CC(C)CCNC(=O)c1ccoc1Br. The molecular formula is C10H14BrNO2. The molecule has 1 heterocycles. The maximum Gasteiger partial charge on any atom is 0.255 e. The van der Waals surface area contributed by atoms with Crippen LogP contribution in [0, 0.1) is 5.92 Å². The van der Waals surface area contributed by atoms with Gasteiger partial charge in [0.25, 0.3) is 5.91 Å². The van der Waals surface area contributed by atoms with E-state index in [0.29, 0.717) is 22.7 Å². The van der Waals surface area contributed by atoms with Crippen molar-refractivity contribution in [1.29, 1.82) is 0 Å². The summed E-state index contributed by atoms with van der Waals surface area (Å²) in [5.74, 6) is 0.509. The van der Waals surface area contributed by atoms with Crippen molar-refractivity contribution in [3.63, 3.8) is 0 Å². The quantitative estimate of drug-likeness (QED) is 0.904. The van der Waals surface area contributed by atoms with Gasteiger partial charge in [0.15, 0.2) is 4.67 Å². The number of furan rings is 1. The van der Waals surface area contributed by atoms with Crippen molar-refractivity contribution in [2.75, 3.05) is 6.54 Å². The molecule has 1 aromatic heterocycles. The third-order valence-corrected chi connectivity index (χ3v) is 2.48. The molecule has 1 aromatic rings. The maximum absolute atomic E-state index is 11.5. The van der Waals surface area contributed by atoms with Gasteiger partial charge in [0, 0.05) is 6.54 Å². The molecule has 0 aliphatic rings. The maximum atomic E-state index is 11.5. The second-order valence-corrected chi connectivity index (χ2v) is 4.27. The lowest BCUT2D eigenvalue weighted by Gasteiger charge is -2.05. The predicted octanol–water partition coefficient (Wildman–Crippen LogP) is 2.82. The highest BCUT2D eigenvalue weighted by molar-refractivity contribution is 9.10. The second kappa shape index (κ2) is 5.20. The zero-order valence-corrected chi connectivity index (χ0v) is 9.93. The standard InChI is InChI=1S/C10H14BrNO2/c1-7(2)3-5-12-10(13)8-4-6-14-9(8)11/h4,6-7H,3,5H2,1-2H3,(H,12,13). The molecule has 0 atom stereocenters. The van der Waals surface area contributed by atoms with E-state index in [1.807, 2.05) is 0 Å². The van der Waals surface area contributed by atoms with Crippen LogP contribution in [0.3, 0.4) is 0 Å². The van der Waals surface area contributed by atoms with Gasteiger partial charge < -0.3 is 9.73 Å². The highest BCUT2D eigenvalue weighted by Gasteiger charge is 2.11. The first kappa shape index (κ1) is 11.3. The number of halogens is 1. The molecule has 0 saturated heterocycles. The van der Waals surface area contributed by atoms with Gasteiger partial charge in [-0.25, -0.2) is 0 Å². The molecule has 1 rings (SSSR count). The van der Waals surface area contributed by atoms with E-state index in [1.165, 1.54) is 6.26 Å². The Labute approximate surface area is 92.0 Å². The number of amides is 1. The summed E-state index contributed by atoms with van der Waals surface area (Å²) in [7, 11) is 0. The van der Waals surface area contributed by atoms with Gasteiger partial charge >= 0.3 is 0 Å². The Balaban J connectivity index is 2.40. The minimum Gasteiger partial charge on any atom is -0.457 e. The summed E-state index contributed by atoms with van der Waals surface area (Å²) in [4.78, 5) is 11.5. The molecule has 0 fully saturated rings. The van der Waals surface area contributed by atoms with Crippen LogP contribution in [0.2, 0.25) is 0 Å². The van der Waals surface area contributed by atoms with Gasteiger partial charge in [0.1, 0.15) is 0 Å².